The minimum absolute atomic E-state index is 0.221. The Labute approximate surface area is 106 Å². The monoisotopic (exact) mass is 250 g/mol. The summed E-state index contributed by atoms with van der Waals surface area (Å²) >= 11 is 0. The van der Waals surface area contributed by atoms with Crippen LogP contribution in [0.4, 0.5) is 0 Å². The number of carboxylic acids is 1. The number of hydrogen-bond acceptors (Lipinski definition) is 3. The topological polar surface area (TPSA) is 66.8 Å². The second-order valence-electron chi connectivity index (χ2n) is 4.74. The molecule has 1 saturated carbocycles. The van der Waals surface area contributed by atoms with E-state index in [-0.39, 0.29) is 11.7 Å². The number of benzene rings is 1. The highest BCUT2D eigenvalue weighted by molar-refractivity contribution is 5.90. The molecule has 2 unspecified atom stereocenters. The van der Waals surface area contributed by atoms with Crippen molar-refractivity contribution < 1.29 is 19.7 Å². The molecular weight excluding hydrogens is 232 g/mol. The van der Waals surface area contributed by atoms with Gasteiger partial charge in [0.1, 0.15) is 11.9 Å². The van der Waals surface area contributed by atoms with Gasteiger partial charge < -0.3 is 14.9 Å². The van der Waals surface area contributed by atoms with Crippen LogP contribution in [0.1, 0.15) is 41.6 Å². The van der Waals surface area contributed by atoms with Gasteiger partial charge in [-0.2, -0.15) is 0 Å². The van der Waals surface area contributed by atoms with Crippen LogP contribution in [0, 0.1) is 6.92 Å². The summed E-state index contributed by atoms with van der Waals surface area (Å²) in [6, 6.07) is 4.98. The molecule has 0 saturated heterocycles. The molecule has 4 heteroatoms. The van der Waals surface area contributed by atoms with E-state index in [9.17, 15) is 9.90 Å². The molecule has 1 aromatic rings. The second kappa shape index (κ2) is 5.40. The lowest BCUT2D eigenvalue weighted by atomic mass is 9.94. The van der Waals surface area contributed by atoms with Crippen molar-refractivity contribution in [3.63, 3.8) is 0 Å². The molecule has 0 spiro atoms. The molecule has 98 valence electrons. The van der Waals surface area contributed by atoms with Crippen LogP contribution in [0.15, 0.2) is 18.2 Å². The highest BCUT2D eigenvalue weighted by Gasteiger charge is 2.25. The van der Waals surface area contributed by atoms with Crippen LogP contribution in [-0.4, -0.2) is 28.4 Å². The minimum atomic E-state index is -0.956. The van der Waals surface area contributed by atoms with Crippen molar-refractivity contribution in [2.75, 3.05) is 0 Å². The first-order valence-corrected chi connectivity index (χ1v) is 6.27. The van der Waals surface area contributed by atoms with Crippen LogP contribution in [-0.2, 0) is 0 Å². The van der Waals surface area contributed by atoms with Crippen molar-refractivity contribution in [3.8, 4) is 5.75 Å². The Kier molecular flexibility index (Phi) is 3.87. The number of carboxylic acid groups (broad SMARTS) is 1. The predicted octanol–water partition coefficient (Wildman–Crippen LogP) is 2.38. The van der Waals surface area contributed by atoms with Gasteiger partial charge in [0.2, 0.25) is 0 Å². The van der Waals surface area contributed by atoms with Crippen LogP contribution < -0.4 is 4.74 Å². The third-order valence-corrected chi connectivity index (χ3v) is 3.46. The predicted molar refractivity (Wildman–Crippen MR) is 67.0 cm³/mol. The van der Waals surface area contributed by atoms with E-state index in [4.69, 9.17) is 9.84 Å². The molecule has 1 aromatic carbocycles. The molecular formula is C14H18O4. The molecule has 1 aliphatic carbocycles. The normalized spacial score (nSPS) is 23.7. The third-order valence-electron chi connectivity index (χ3n) is 3.46. The largest absolute Gasteiger partial charge is 0.487 e. The fraction of sp³-hybridized carbons (Fsp3) is 0.500. The highest BCUT2D eigenvalue weighted by Crippen LogP contribution is 2.27. The van der Waals surface area contributed by atoms with Crippen molar-refractivity contribution in [2.24, 2.45) is 0 Å². The Morgan fingerprint density at radius 3 is 2.72 bits per heavy atom. The summed E-state index contributed by atoms with van der Waals surface area (Å²) in [6.45, 7) is 1.73. The number of hydrogen-bond donors (Lipinski definition) is 2. The van der Waals surface area contributed by atoms with Gasteiger partial charge in [0.25, 0.3) is 0 Å². The quantitative estimate of drug-likeness (QED) is 0.864. The maximum absolute atomic E-state index is 11.0. The number of aromatic carboxylic acids is 1. The van der Waals surface area contributed by atoms with Gasteiger partial charge in [-0.15, -0.1) is 0 Å². The first-order valence-electron chi connectivity index (χ1n) is 6.27. The van der Waals surface area contributed by atoms with Crippen molar-refractivity contribution in [1.29, 1.82) is 0 Å². The zero-order valence-electron chi connectivity index (χ0n) is 10.4. The molecule has 2 rings (SSSR count). The van der Waals surface area contributed by atoms with Gasteiger partial charge in [-0.1, -0.05) is 12.5 Å². The average Bonchev–Trinajstić information content (AvgIpc) is 2.34. The number of rotatable bonds is 3. The zero-order valence-corrected chi connectivity index (χ0v) is 10.4. The van der Waals surface area contributed by atoms with Crippen molar-refractivity contribution in [1.82, 2.24) is 0 Å². The molecule has 0 radical (unpaired) electrons. The van der Waals surface area contributed by atoms with Crippen LogP contribution in [0.3, 0.4) is 0 Å². The number of aliphatic hydroxyl groups is 1. The summed E-state index contributed by atoms with van der Waals surface area (Å²) in [5.41, 5.74) is 0.862. The third kappa shape index (κ3) is 2.64. The summed E-state index contributed by atoms with van der Waals surface area (Å²) in [7, 11) is 0. The molecule has 4 nitrogen and oxygen atoms in total. The molecule has 18 heavy (non-hydrogen) atoms. The Morgan fingerprint density at radius 2 is 2.06 bits per heavy atom. The smallest absolute Gasteiger partial charge is 0.336 e. The van der Waals surface area contributed by atoms with Crippen molar-refractivity contribution in [2.45, 2.75) is 44.8 Å². The van der Waals surface area contributed by atoms with Crippen molar-refractivity contribution >= 4 is 5.97 Å². The molecule has 0 aliphatic heterocycles. The Hall–Kier alpha value is -1.55. The maximum Gasteiger partial charge on any atom is 0.336 e. The molecule has 1 fully saturated rings. The van der Waals surface area contributed by atoms with Gasteiger partial charge in [-0.3, -0.25) is 0 Å². The van der Waals surface area contributed by atoms with Crippen LogP contribution >= 0.6 is 0 Å². The summed E-state index contributed by atoms with van der Waals surface area (Å²) in [5.74, 6) is -0.400. The van der Waals surface area contributed by atoms with E-state index in [1.54, 1.807) is 25.1 Å². The molecule has 0 bridgehead atoms. The fourth-order valence-electron chi connectivity index (χ4n) is 2.35. The van der Waals surface area contributed by atoms with E-state index in [2.05, 4.69) is 0 Å². The average molecular weight is 250 g/mol. The first-order chi connectivity index (χ1) is 8.59. The van der Waals surface area contributed by atoms with Gasteiger partial charge >= 0.3 is 5.97 Å². The molecule has 0 aromatic heterocycles. The summed E-state index contributed by atoms with van der Waals surface area (Å²) in [6.07, 6.45) is 2.96. The van der Waals surface area contributed by atoms with E-state index < -0.39 is 12.1 Å². The summed E-state index contributed by atoms with van der Waals surface area (Å²) < 4.78 is 5.78. The van der Waals surface area contributed by atoms with Crippen LogP contribution in [0.25, 0.3) is 0 Å². The van der Waals surface area contributed by atoms with Gasteiger partial charge in [-0.05, 0) is 38.3 Å². The minimum Gasteiger partial charge on any atom is -0.487 e. The summed E-state index contributed by atoms with van der Waals surface area (Å²) in [4.78, 5) is 11.0. The Balaban J connectivity index is 2.18. The SMILES string of the molecule is Cc1c(OC2CCCCC2O)cccc1C(=O)O. The van der Waals surface area contributed by atoms with E-state index in [1.807, 2.05) is 0 Å². The molecule has 2 N–H and O–H groups in total. The van der Waals surface area contributed by atoms with Gasteiger partial charge in [0.15, 0.2) is 0 Å². The number of carbonyl (C=O) groups is 1. The molecule has 1 aliphatic rings. The van der Waals surface area contributed by atoms with Crippen LogP contribution in [0.2, 0.25) is 0 Å². The molecule has 0 heterocycles. The maximum atomic E-state index is 11.0. The summed E-state index contributed by atoms with van der Waals surface area (Å²) in [5, 5.41) is 18.9. The molecule has 0 amide bonds. The van der Waals surface area contributed by atoms with Crippen molar-refractivity contribution in [3.05, 3.63) is 29.3 Å². The van der Waals surface area contributed by atoms with E-state index in [1.165, 1.54) is 0 Å². The fourth-order valence-corrected chi connectivity index (χ4v) is 2.35. The lowest BCUT2D eigenvalue weighted by molar-refractivity contribution is 0.00648. The number of ether oxygens (including phenoxy) is 1. The van der Waals surface area contributed by atoms with Gasteiger partial charge in [0, 0.05) is 5.56 Å². The standard InChI is InChI=1S/C14H18O4/c1-9-10(14(16)17)5-4-8-12(9)18-13-7-3-2-6-11(13)15/h4-5,8,11,13,15H,2-3,6-7H2,1H3,(H,16,17). The van der Waals surface area contributed by atoms with E-state index in [0.29, 0.717) is 11.3 Å². The highest BCUT2D eigenvalue weighted by atomic mass is 16.5. The van der Waals surface area contributed by atoms with E-state index in [0.717, 1.165) is 25.7 Å². The van der Waals surface area contributed by atoms with Gasteiger partial charge in [0.05, 0.1) is 11.7 Å². The van der Waals surface area contributed by atoms with Gasteiger partial charge in [-0.25, -0.2) is 4.79 Å². The Morgan fingerprint density at radius 1 is 1.33 bits per heavy atom. The Bertz CT molecular complexity index is 441. The lowest BCUT2D eigenvalue weighted by Crippen LogP contribution is -2.34. The zero-order chi connectivity index (χ0) is 13.1. The second-order valence-corrected chi connectivity index (χ2v) is 4.74. The molecule has 2 atom stereocenters. The first kappa shape index (κ1) is 12.9. The van der Waals surface area contributed by atoms with Crippen LogP contribution in [0.5, 0.6) is 5.75 Å². The number of aliphatic hydroxyl groups excluding tert-OH is 1. The van der Waals surface area contributed by atoms with E-state index >= 15 is 0 Å². The lowest BCUT2D eigenvalue weighted by Gasteiger charge is -2.28.